The van der Waals surface area contributed by atoms with Crippen molar-refractivity contribution in [3.63, 3.8) is 0 Å². The SMILES string of the molecule is Cc1cn([C@H]2C[C@H](N=[N+]=[N-])[C@@H](CO)O2)c(=O)[nH]c1=O.Nc1nc(Cl)c2ncn(CCCCCB(O)O)c2n1. The minimum atomic E-state index is -1.22. The minimum absolute atomic E-state index is 0.127. The second-order valence-electron chi connectivity index (χ2n) is 8.61. The van der Waals surface area contributed by atoms with Gasteiger partial charge in [0.25, 0.3) is 5.56 Å². The minimum Gasteiger partial charge on any atom is -0.427 e. The van der Waals surface area contributed by atoms with Crippen molar-refractivity contribution in [3.8, 4) is 0 Å². The highest BCUT2D eigenvalue weighted by atomic mass is 35.5. The molecule has 3 atom stereocenters. The number of aromatic amines is 1. The molecular weight excluding hydrogens is 523 g/mol. The molecular formula is C20H28BClN10O6. The third kappa shape index (κ3) is 7.31. The Balaban J connectivity index is 0.000000211. The first-order valence-corrected chi connectivity index (χ1v) is 12.1. The van der Waals surface area contributed by atoms with Crippen molar-refractivity contribution in [2.75, 3.05) is 12.3 Å². The Morgan fingerprint density at radius 2 is 2.11 bits per heavy atom. The normalized spacial score (nSPS) is 18.6. The highest BCUT2D eigenvalue weighted by molar-refractivity contribution is 6.40. The zero-order valence-corrected chi connectivity index (χ0v) is 21.3. The van der Waals surface area contributed by atoms with Gasteiger partial charge in [-0.1, -0.05) is 29.6 Å². The number of fused-ring (bicyclic) bond motifs is 1. The third-order valence-electron chi connectivity index (χ3n) is 5.84. The van der Waals surface area contributed by atoms with Gasteiger partial charge in [-0.15, -0.1) is 0 Å². The molecule has 0 unspecified atom stereocenters. The monoisotopic (exact) mass is 550 g/mol. The van der Waals surface area contributed by atoms with Crippen molar-refractivity contribution in [1.29, 1.82) is 0 Å². The lowest BCUT2D eigenvalue weighted by atomic mass is 9.83. The number of rotatable bonds is 9. The van der Waals surface area contributed by atoms with Gasteiger partial charge in [-0.3, -0.25) is 14.3 Å². The predicted molar refractivity (Wildman–Crippen MR) is 138 cm³/mol. The van der Waals surface area contributed by atoms with Gasteiger partial charge in [0.15, 0.2) is 10.8 Å². The Labute approximate surface area is 220 Å². The molecule has 3 aromatic heterocycles. The fourth-order valence-electron chi connectivity index (χ4n) is 3.91. The number of aryl methyl sites for hydroxylation is 2. The second kappa shape index (κ2) is 13.4. The number of imidazole rings is 1. The van der Waals surface area contributed by atoms with E-state index in [2.05, 4.69) is 30.0 Å². The molecule has 18 heteroatoms. The van der Waals surface area contributed by atoms with Crippen LogP contribution in [0.25, 0.3) is 21.6 Å². The number of H-pyrrole nitrogens is 1. The van der Waals surface area contributed by atoms with Gasteiger partial charge in [0.2, 0.25) is 5.95 Å². The number of aliphatic hydroxyl groups is 1. The first kappa shape index (κ1) is 29.1. The molecule has 16 nitrogen and oxygen atoms in total. The second-order valence-corrected chi connectivity index (χ2v) is 8.97. The largest absolute Gasteiger partial charge is 0.451 e. The van der Waals surface area contributed by atoms with Crippen molar-refractivity contribution in [2.24, 2.45) is 5.11 Å². The van der Waals surface area contributed by atoms with Gasteiger partial charge in [-0.2, -0.15) is 9.97 Å². The van der Waals surface area contributed by atoms with Gasteiger partial charge in [0.1, 0.15) is 11.7 Å². The van der Waals surface area contributed by atoms with E-state index in [1.54, 1.807) is 13.3 Å². The number of hydrogen-bond donors (Lipinski definition) is 5. The van der Waals surface area contributed by atoms with E-state index >= 15 is 0 Å². The molecule has 1 aliphatic heterocycles. The number of unbranched alkanes of at least 4 members (excludes halogenated alkanes) is 2. The molecule has 0 spiro atoms. The Hall–Kier alpha value is -3.47. The molecule has 0 aromatic carbocycles. The van der Waals surface area contributed by atoms with Gasteiger partial charge in [-0.05, 0) is 25.2 Å². The number of anilines is 1. The van der Waals surface area contributed by atoms with Crippen LogP contribution in [-0.2, 0) is 11.3 Å². The zero-order valence-electron chi connectivity index (χ0n) is 20.5. The average Bonchev–Trinajstić information content (AvgIpc) is 3.46. The number of hydrogen-bond acceptors (Lipinski definition) is 11. The molecule has 1 fully saturated rings. The lowest BCUT2D eigenvalue weighted by Gasteiger charge is -2.14. The summed E-state index contributed by atoms with van der Waals surface area (Å²) in [6, 6.07) is -0.542. The van der Waals surface area contributed by atoms with Gasteiger partial charge < -0.3 is 30.2 Å². The van der Waals surface area contributed by atoms with E-state index in [1.807, 2.05) is 4.57 Å². The van der Waals surface area contributed by atoms with E-state index in [0.29, 0.717) is 23.0 Å². The summed E-state index contributed by atoms with van der Waals surface area (Å²) in [5.41, 5.74) is 14.5. The van der Waals surface area contributed by atoms with Crippen molar-refractivity contribution in [3.05, 3.63) is 54.5 Å². The van der Waals surface area contributed by atoms with Gasteiger partial charge in [0.05, 0.1) is 25.1 Å². The molecule has 6 N–H and O–H groups in total. The number of nitrogens with zero attached hydrogens (tertiary/aromatic N) is 8. The van der Waals surface area contributed by atoms with Crippen LogP contribution in [0, 0.1) is 6.92 Å². The van der Waals surface area contributed by atoms with E-state index < -0.39 is 36.7 Å². The van der Waals surface area contributed by atoms with Crippen molar-refractivity contribution in [1.82, 2.24) is 29.1 Å². The number of nitrogen functional groups attached to an aromatic ring is 1. The molecule has 0 aliphatic carbocycles. The first-order chi connectivity index (χ1) is 18.1. The first-order valence-electron chi connectivity index (χ1n) is 11.8. The summed E-state index contributed by atoms with van der Waals surface area (Å²) in [6.07, 6.45) is 4.93. The van der Waals surface area contributed by atoms with Gasteiger partial charge in [0, 0.05) is 29.6 Å². The number of halogens is 1. The summed E-state index contributed by atoms with van der Waals surface area (Å²) >= 11 is 5.93. The molecule has 4 rings (SSSR count). The lowest BCUT2D eigenvalue weighted by molar-refractivity contribution is -0.0271. The molecule has 0 saturated carbocycles. The standard InChI is InChI=1S/C10H15BClN5O2.C10H13N5O4/c12-8-7-9(16-10(13)15-8)17(6-14-7)5-3-1-2-4-11(18)19;1-5-3-15(10(18)12-9(5)17)8-2-6(13-14-11)7(4-16)19-8/h6,18-19H,1-5H2,(H2,13,15,16);3,6-8,16H,2,4H2,1H3,(H,12,17,18)/t;6-,7+,8+/m.0/s1. The quantitative estimate of drug-likeness (QED) is 0.0616. The molecule has 1 saturated heterocycles. The number of nitrogens with two attached hydrogens (primary N) is 1. The van der Waals surface area contributed by atoms with Crippen molar-refractivity contribution >= 4 is 35.8 Å². The third-order valence-corrected chi connectivity index (χ3v) is 6.10. The number of aromatic nitrogens is 6. The summed E-state index contributed by atoms with van der Waals surface area (Å²) in [4.78, 5) is 40.0. The van der Waals surface area contributed by atoms with Crippen LogP contribution in [0.3, 0.4) is 0 Å². The number of nitrogens with one attached hydrogen (secondary N) is 1. The smallest absolute Gasteiger partial charge is 0.427 e. The molecule has 204 valence electrons. The molecule has 1 aliphatic rings. The van der Waals surface area contributed by atoms with Crippen LogP contribution in [0.5, 0.6) is 0 Å². The number of azide groups is 1. The summed E-state index contributed by atoms with van der Waals surface area (Å²) in [7, 11) is -1.22. The highest BCUT2D eigenvalue weighted by Crippen LogP contribution is 2.29. The summed E-state index contributed by atoms with van der Waals surface area (Å²) < 4.78 is 8.56. The van der Waals surface area contributed by atoms with Crippen LogP contribution in [0.4, 0.5) is 5.95 Å². The Bertz CT molecular complexity index is 1410. The summed E-state index contributed by atoms with van der Waals surface area (Å²) in [5.74, 6) is 0.127. The summed E-state index contributed by atoms with van der Waals surface area (Å²) in [5, 5.41) is 30.4. The maximum Gasteiger partial charge on any atom is 0.451 e. The van der Waals surface area contributed by atoms with Crippen molar-refractivity contribution < 1.29 is 19.9 Å². The maximum absolute atomic E-state index is 11.7. The topological polar surface area (TPSA) is 243 Å². The van der Waals surface area contributed by atoms with E-state index in [1.165, 1.54) is 10.8 Å². The van der Waals surface area contributed by atoms with Crippen molar-refractivity contribution in [2.45, 2.75) is 63.8 Å². The lowest BCUT2D eigenvalue weighted by Crippen LogP contribution is -2.33. The van der Waals surface area contributed by atoms with Crippen LogP contribution in [0.15, 0.2) is 27.2 Å². The number of ether oxygens (including phenoxy) is 1. The molecule has 38 heavy (non-hydrogen) atoms. The Morgan fingerprint density at radius 3 is 2.79 bits per heavy atom. The van der Waals surface area contributed by atoms with Crippen LogP contribution in [0.2, 0.25) is 11.5 Å². The van der Waals surface area contributed by atoms with Gasteiger partial charge in [-0.25, -0.2) is 9.78 Å². The molecule has 0 radical (unpaired) electrons. The van der Waals surface area contributed by atoms with E-state index in [9.17, 15) is 9.59 Å². The average molecular weight is 551 g/mol. The molecule has 4 heterocycles. The fourth-order valence-corrected chi connectivity index (χ4v) is 4.13. The molecule has 0 bridgehead atoms. The molecule has 3 aromatic rings. The van der Waals surface area contributed by atoms with E-state index in [4.69, 9.17) is 42.8 Å². The van der Waals surface area contributed by atoms with Crippen LogP contribution in [-0.4, -0.2) is 70.1 Å². The Morgan fingerprint density at radius 1 is 1.34 bits per heavy atom. The van der Waals surface area contributed by atoms with Crippen LogP contribution < -0.4 is 17.0 Å². The zero-order chi connectivity index (χ0) is 27.8. The van der Waals surface area contributed by atoms with Crippen LogP contribution >= 0.6 is 11.6 Å². The maximum atomic E-state index is 11.7. The highest BCUT2D eigenvalue weighted by Gasteiger charge is 2.35. The van der Waals surface area contributed by atoms with E-state index in [-0.39, 0.29) is 24.1 Å². The molecule has 0 amide bonds. The fraction of sp³-hybridized carbons (Fsp3) is 0.550. The predicted octanol–water partition coefficient (Wildman–Crippen LogP) is 0.509. The van der Waals surface area contributed by atoms with Gasteiger partial charge >= 0.3 is 12.8 Å². The van der Waals surface area contributed by atoms with E-state index in [0.717, 1.165) is 25.8 Å². The summed E-state index contributed by atoms with van der Waals surface area (Å²) in [6.45, 7) is 1.99. The van der Waals surface area contributed by atoms with Crippen LogP contribution in [0.1, 0.15) is 37.5 Å². The number of aliphatic hydroxyl groups excluding tert-OH is 1. The Kier molecular flexibility index (Phi) is 10.2.